The monoisotopic (exact) mass is 316 g/mol. The van der Waals surface area contributed by atoms with Crippen LogP contribution in [0.2, 0.25) is 0 Å². The highest BCUT2D eigenvalue weighted by atomic mass is 32.2. The van der Waals surface area contributed by atoms with Gasteiger partial charge in [-0.2, -0.15) is 0 Å². The molecule has 1 aliphatic heterocycles. The lowest BCUT2D eigenvalue weighted by Gasteiger charge is -2.42. The van der Waals surface area contributed by atoms with Crippen molar-refractivity contribution in [2.24, 2.45) is 17.8 Å². The number of rotatable bonds is 4. The third-order valence-electron chi connectivity index (χ3n) is 5.26. The van der Waals surface area contributed by atoms with Crippen LogP contribution in [0.4, 0.5) is 0 Å². The minimum Gasteiger partial charge on any atom is -0.314 e. The van der Waals surface area contributed by atoms with E-state index in [-0.39, 0.29) is 0 Å². The van der Waals surface area contributed by atoms with Crippen molar-refractivity contribution in [2.75, 3.05) is 37.7 Å². The fourth-order valence-corrected chi connectivity index (χ4v) is 5.49. The third kappa shape index (κ3) is 4.93. The van der Waals surface area contributed by atoms with Crippen molar-refractivity contribution in [1.29, 1.82) is 0 Å². The molecule has 0 aromatic carbocycles. The zero-order chi connectivity index (χ0) is 15.5. The highest BCUT2D eigenvalue weighted by molar-refractivity contribution is 7.91. The molecular weight excluding hydrogens is 284 g/mol. The van der Waals surface area contributed by atoms with Gasteiger partial charge >= 0.3 is 0 Å². The number of nitrogens with zero attached hydrogens (tertiary/aromatic N) is 1. The second-order valence-electron chi connectivity index (χ2n) is 7.19. The Morgan fingerprint density at radius 2 is 1.90 bits per heavy atom. The van der Waals surface area contributed by atoms with E-state index in [4.69, 9.17) is 0 Å². The van der Waals surface area contributed by atoms with Gasteiger partial charge in [-0.25, -0.2) is 8.42 Å². The van der Waals surface area contributed by atoms with Gasteiger partial charge in [-0.1, -0.05) is 20.8 Å². The Kier molecular flexibility index (Phi) is 6.09. The lowest BCUT2D eigenvalue weighted by atomic mass is 9.72. The molecule has 0 amide bonds. The predicted molar refractivity (Wildman–Crippen MR) is 88.2 cm³/mol. The Morgan fingerprint density at radius 3 is 2.62 bits per heavy atom. The maximum Gasteiger partial charge on any atom is 0.151 e. The fraction of sp³-hybridized carbons (Fsp3) is 1.00. The van der Waals surface area contributed by atoms with Gasteiger partial charge in [0.2, 0.25) is 0 Å². The van der Waals surface area contributed by atoms with Gasteiger partial charge in [-0.3, -0.25) is 0 Å². The predicted octanol–water partition coefficient (Wildman–Crippen LogP) is 1.77. The number of nitrogens with one attached hydrogen (secondary N) is 1. The molecule has 1 saturated heterocycles. The van der Waals surface area contributed by atoms with Crippen molar-refractivity contribution in [2.45, 2.75) is 46.1 Å². The average molecular weight is 317 g/mol. The SMILES string of the molecule is CCNC1CC(C)CC(C)C1CN1CCCS(=O)(=O)CC1. The number of sulfone groups is 1. The van der Waals surface area contributed by atoms with E-state index in [1.807, 2.05) is 0 Å². The van der Waals surface area contributed by atoms with Crippen molar-refractivity contribution in [3.05, 3.63) is 0 Å². The van der Waals surface area contributed by atoms with Gasteiger partial charge in [-0.15, -0.1) is 0 Å². The second kappa shape index (κ2) is 7.42. The van der Waals surface area contributed by atoms with E-state index in [0.717, 1.165) is 44.4 Å². The number of hydrogen-bond acceptors (Lipinski definition) is 4. The molecule has 4 unspecified atom stereocenters. The molecule has 1 saturated carbocycles. The van der Waals surface area contributed by atoms with Gasteiger partial charge in [0.25, 0.3) is 0 Å². The first kappa shape index (κ1) is 17.2. The van der Waals surface area contributed by atoms with Crippen molar-refractivity contribution in [3.8, 4) is 0 Å². The van der Waals surface area contributed by atoms with E-state index in [1.54, 1.807) is 0 Å². The summed E-state index contributed by atoms with van der Waals surface area (Å²) in [5.74, 6) is 2.89. The molecule has 1 aliphatic carbocycles. The first-order chi connectivity index (χ1) is 9.91. The Morgan fingerprint density at radius 1 is 1.14 bits per heavy atom. The first-order valence-electron chi connectivity index (χ1n) is 8.57. The number of hydrogen-bond donors (Lipinski definition) is 1. The molecule has 21 heavy (non-hydrogen) atoms. The third-order valence-corrected chi connectivity index (χ3v) is 6.98. The van der Waals surface area contributed by atoms with Gasteiger partial charge in [0, 0.05) is 19.1 Å². The molecular formula is C16H32N2O2S. The Labute approximate surface area is 130 Å². The van der Waals surface area contributed by atoms with Crippen LogP contribution in [0.15, 0.2) is 0 Å². The molecule has 1 N–H and O–H groups in total. The summed E-state index contributed by atoms with van der Waals surface area (Å²) in [5.41, 5.74) is 0. The topological polar surface area (TPSA) is 49.4 Å². The molecule has 4 atom stereocenters. The molecule has 2 rings (SSSR count). The highest BCUT2D eigenvalue weighted by Crippen LogP contribution is 2.34. The van der Waals surface area contributed by atoms with Crippen molar-refractivity contribution >= 4 is 9.84 Å². The van der Waals surface area contributed by atoms with Crippen LogP contribution in [0.1, 0.15) is 40.0 Å². The summed E-state index contributed by atoms with van der Waals surface area (Å²) in [4.78, 5) is 2.39. The maximum absolute atomic E-state index is 11.7. The van der Waals surface area contributed by atoms with Crippen LogP contribution >= 0.6 is 0 Å². The highest BCUT2D eigenvalue weighted by Gasteiger charge is 2.35. The fourth-order valence-electron chi connectivity index (χ4n) is 4.19. The smallest absolute Gasteiger partial charge is 0.151 e. The maximum atomic E-state index is 11.7. The molecule has 5 heteroatoms. The second-order valence-corrected chi connectivity index (χ2v) is 9.49. The summed E-state index contributed by atoms with van der Waals surface area (Å²) in [6.07, 6.45) is 3.36. The Balaban J connectivity index is 1.98. The van der Waals surface area contributed by atoms with Gasteiger partial charge in [0.05, 0.1) is 11.5 Å². The lowest BCUT2D eigenvalue weighted by Crippen LogP contribution is -2.49. The summed E-state index contributed by atoms with van der Waals surface area (Å²) < 4.78 is 23.5. The summed E-state index contributed by atoms with van der Waals surface area (Å²) in [7, 11) is -2.80. The van der Waals surface area contributed by atoms with Gasteiger partial charge in [-0.05, 0) is 50.1 Å². The summed E-state index contributed by atoms with van der Waals surface area (Å²) >= 11 is 0. The van der Waals surface area contributed by atoms with Crippen LogP contribution < -0.4 is 5.32 Å². The van der Waals surface area contributed by atoms with Crippen LogP contribution in [0.25, 0.3) is 0 Å². The zero-order valence-electron chi connectivity index (χ0n) is 13.8. The van der Waals surface area contributed by atoms with E-state index < -0.39 is 9.84 Å². The van der Waals surface area contributed by atoms with Crippen molar-refractivity contribution in [3.63, 3.8) is 0 Å². The molecule has 0 spiro atoms. The van der Waals surface area contributed by atoms with Gasteiger partial charge < -0.3 is 10.2 Å². The lowest BCUT2D eigenvalue weighted by molar-refractivity contribution is 0.105. The molecule has 0 radical (unpaired) electrons. The molecule has 1 heterocycles. The largest absolute Gasteiger partial charge is 0.314 e. The minimum absolute atomic E-state index is 0.344. The molecule has 0 aromatic rings. The normalized spacial score (nSPS) is 38.0. The van der Waals surface area contributed by atoms with E-state index in [1.165, 1.54) is 12.8 Å². The molecule has 124 valence electrons. The molecule has 0 bridgehead atoms. The van der Waals surface area contributed by atoms with Crippen LogP contribution in [-0.4, -0.2) is 57.0 Å². The van der Waals surface area contributed by atoms with E-state index in [9.17, 15) is 8.42 Å². The summed E-state index contributed by atoms with van der Waals surface area (Å²) in [6, 6.07) is 0.591. The standard InChI is InChI=1S/C16H32N2O2S/c1-4-17-16-11-13(2)10-14(3)15(16)12-18-6-5-8-21(19,20)9-7-18/h13-17H,4-12H2,1-3H3. The van der Waals surface area contributed by atoms with E-state index in [0.29, 0.717) is 23.5 Å². The molecule has 2 fully saturated rings. The van der Waals surface area contributed by atoms with Crippen LogP contribution in [0.5, 0.6) is 0 Å². The van der Waals surface area contributed by atoms with Gasteiger partial charge in [0.15, 0.2) is 9.84 Å². The zero-order valence-corrected chi connectivity index (χ0v) is 14.7. The average Bonchev–Trinajstić information content (AvgIpc) is 2.55. The van der Waals surface area contributed by atoms with Crippen LogP contribution in [-0.2, 0) is 9.84 Å². The minimum atomic E-state index is -2.80. The molecule has 2 aliphatic rings. The van der Waals surface area contributed by atoms with Crippen LogP contribution in [0, 0.1) is 17.8 Å². The summed E-state index contributed by atoms with van der Waals surface area (Å²) in [5, 5.41) is 3.67. The first-order valence-corrected chi connectivity index (χ1v) is 10.4. The Bertz CT molecular complexity index is 424. The Hall–Kier alpha value is -0.130. The van der Waals surface area contributed by atoms with E-state index >= 15 is 0 Å². The van der Waals surface area contributed by atoms with Crippen LogP contribution in [0.3, 0.4) is 0 Å². The quantitative estimate of drug-likeness (QED) is 0.859. The molecule has 4 nitrogen and oxygen atoms in total. The van der Waals surface area contributed by atoms with Crippen molar-refractivity contribution < 1.29 is 8.42 Å². The van der Waals surface area contributed by atoms with E-state index in [2.05, 4.69) is 31.0 Å². The molecule has 0 aromatic heterocycles. The summed E-state index contributed by atoms with van der Waals surface area (Å²) in [6.45, 7) is 10.7. The van der Waals surface area contributed by atoms with Gasteiger partial charge in [0.1, 0.15) is 0 Å². The van der Waals surface area contributed by atoms with Crippen molar-refractivity contribution in [1.82, 2.24) is 10.2 Å².